The van der Waals surface area contributed by atoms with Gasteiger partial charge in [-0.15, -0.1) is 0 Å². The Balaban J connectivity index is 2.25. The summed E-state index contributed by atoms with van der Waals surface area (Å²) in [6.45, 7) is 2.10. The van der Waals surface area contributed by atoms with E-state index in [1.54, 1.807) is 12.1 Å². The number of nitrogen functional groups attached to an aromatic ring is 1. The van der Waals surface area contributed by atoms with E-state index >= 15 is 0 Å². The van der Waals surface area contributed by atoms with Crippen molar-refractivity contribution in [3.63, 3.8) is 0 Å². The van der Waals surface area contributed by atoms with Crippen molar-refractivity contribution in [2.24, 2.45) is 0 Å². The van der Waals surface area contributed by atoms with Gasteiger partial charge in [-0.1, -0.05) is 29.8 Å². The molecule has 0 fully saturated rings. The van der Waals surface area contributed by atoms with Crippen LogP contribution >= 0.6 is 11.6 Å². The molecule has 20 heavy (non-hydrogen) atoms. The highest BCUT2D eigenvalue weighted by molar-refractivity contribution is 6.31. The number of carbonyl (C=O) groups is 1. The standard InChI is InChI=1S/C15H14ClNO3/c1-9-5-6-10(12(16)7-9)8-20-14-11(15(18)19)3-2-4-13(14)17/h2-7H,8,17H2,1H3,(H,18,19). The van der Waals surface area contributed by atoms with Crippen molar-refractivity contribution in [1.82, 2.24) is 0 Å². The molecular formula is C15H14ClNO3. The van der Waals surface area contributed by atoms with Crippen LogP contribution in [-0.2, 0) is 6.61 Å². The van der Waals surface area contributed by atoms with Crippen LogP contribution in [0.3, 0.4) is 0 Å². The van der Waals surface area contributed by atoms with E-state index in [2.05, 4.69) is 0 Å². The Morgan fingerprint density at radius 1 is 1.35 bits per heavy atom. The number of ether oxygens (including phenoxy) is 1. The Morgan fingerprint density at radius 2 is 2.10 bits per heavy atom. The van der Waals surface area contributed by atoms with Crippen molar-refractivity contribution in [3.8, 4) is 5.75 Å². The third-order valence-corrected chi connectivity index (χ3v) is 3.21. The molecule has 0 aliphatic heterocycles. The van der Waals surface area contributed by atoms with Crippen LogP contribution in [0.25, 0.3) is 0 Å². The van der Waals surface area contributed by atoms with Gasteiger partial charge in [-0.25, -0.2) is 4.79 Å². The van der Waals surface area contributed by atoms with Gasteiger partial charge in [0, 0.05) is 10.6 Å². The average Bonchev–Trinajstić information content (AvgIpc) is 2.38. The topological polar surface area (TPSA) is 72.5 Å². The lowest BCUT2D eigenvalue weighted by Gasteiger charge is -2.12. The zero-order valence-electron chi connectivity index (χ0n) is 10.9. The second-order valence-corrected chi connectivity index (χ2v) is 4.82. The molecule has 0 spiro atoms. The summed E-state index contributed by atoms with van der Waals surface area (Å²) in [5, 5.41) is 9.70. The lowest BCUT2D eigenvalue weighted by Crippen LogP contribution is -2.06. The highest BCUT2D eigenvalue weighted by Gasteiger charge is 2.14. The van der Waals surface area contributed by atoms with Crippen LogP contribution in [0.2, 0.25) is 5.02 Å². The van der Waals surface area contributed by atoms with E-state index in [4.69, 9.17) is 27.2 Å². The summed E-state index contributed by atoms with van der Waals surface area (Å²) in [4.78, 5) is 11.1. The Morgan fingerprint density at radius 3 is 2.75 bits per heavy atom. The van der Waals surface area contributed by atoms with Crippen LogP contribution in [0.1, 0.15) is 21.5 Å². The maximum absolute atomic E-state index is 11.1. The second-order valence-electron chi connectivity index (χ2n) is 4.41. The summed E-state index contributed by atoms with van der Waals surface area (Å²) < 4.78 is 5.55. The number of hydrogen-bond acceptors (Lipinski definition) is 3. The fourth-order valence-corrected chi connectivity index (χ4v) is 2.09. The number of hydrogen-bond donors (Lipinski definition) is 2. The van der Waals surface area contributed by atoms with E-state index < -0.39 is 5.97 Å². The monoisotopic (exact) mass is 291 g/mol. The van der Waals surface area contributed by atoms with Crippen LogP contribution in [0.5, 0.6) is 5.75 Å². The fraction of sp³-hybridized carbons (Fsp3) is 0.133. The number of carboxylic acid groups (broad SMARTS) is 1. The first kappa shape index (κ1) is 14.2. The molecule has 5 heteroatoms. The van der Waals surface area contributed by atoms with Crippen LogP contribution in [0.4, 0.5) is 5.69 Å². The molecule has 0 saturated carbocycles. The van der Waals surface area contributed by atoms with Crippen LogP contribution in [0.15, 0.2) is 36.4 Å². The third-order valence-electron chi connectivity index (χ3n) is 2.86. The molecule has 0 amide bonds. The summed E-state index contributed by atoms with van der Waals surface area (Å²) in [5.74, 6) is -0.918. The van der Waals surface area contributed by atoms with Crippen molar-refractivity contribution < 1.29 is 14.6 Å². The lowest BCUT2D eigenvalue weighted by atomic mass is 10.1. The van der Waals surface area contributed by atoms with E-state index in [-0.39, 0.29) is 23.6 Å². The zero-order valence-corrected chi connectivity index (χ0v) is 11.6. The molecule has 0 heterocycles. The molecule has 2 rings (SSSR count). The highest BCUT2D eigenvalue weighted by atomic mass is 35.5. The van der Waals surface area contributed by atoms with Gasteiger partial charge < -0.3 is 15.6 Å². The minimum Gasteiger partial charge on any atom is -0.486 e. The molecule has 0 saturated heterocycles. The molecular weight excluding hydrogens is 278 g/mol. The Labute approximate surface area is 121 Å². The maximum atomic E-state index is 11.1. The third kappa shape index (κ3) is 3.03. The molecule has 0 radical (unpaired) electrons. The maximum Gasteiger partial charge on any atom is 0.339 e. The van der Waals surface area contributed by atoms with Crippen molar-refractivity contribution in [2.75, 3.05) is 5.73 Å². The molecule has 0 aromatic heterocycles. The van der Waals surface area contributed by atoms with E-state index in [9.17, 15) is 4.79 Å². The highest BCUT2D eigenvalue weighted by Crippen LogP contribution is 2.28. The average molecular weight is 292 g/mol. The molecule has 0 bridgehead atoms. The van der Waals surface area contributed by atoms with Gasteiger partial charge in [0.1, 0.15) is 12.2 Å². The van der Waals surface area contributed by atoms with Crippen molar-refractivity contribution in [2.45, 2.75) is 13.5 Å². The number of halogens is 1. The van der Waals surface area contributed by atoms with E-state index in [1.807, 2.05) is 25.1 Å². The quantitative estimate of drug-likeness (QED) is 0.846. The molecule has 2 aromatic rings. The van der Waals surface area contributed by atoms with E-state index in [1.165, 1.54) is 6.07 Å². The SMILES string of the molecule is Cc1ccc(COc2c(N)cccc2C(=O)O)c(Cl)c1. The number of anilines is 1. The van der Waals surface area contributed by atoms with Gasteiger partial charge in [0.05, 0.1) is 5.69 Å². The predicted octanol–water partition coefficient (Wildman–Crippen LogP) is 3.51. The molecule has 2 aromatic carbocycles. The number of benzene rings is 2. The largest absolute Gasteiger partial charge is 0.486 e. The number of carboxylic acids is 1. The first-order valence-electron chi connectivity index (χ1n) is 5.98. The number of aryl methyl sites for hydroxylation is 1. The predicted molar refractivity (Wildman–Crippen MR) is 78.3 cm³/mol. The lowest BCUT2D eigenvalue weighted by molar-refractivity contribution is 0.0692. The van der Waals surface area contributed by atoms with Crippen LogP contribution in [-0.4, -0.2) is 11.1 Å². The second kappa shape index (κ2) is 5.84. The van der Waals surface area contributed by atoms with Crippen molar-refractivity contribution >= 4 is 23.3 Å². The summed E-state index contributed by atoms with van der Waals surface area (Å²) in [6, 6.07) is 10.2. The summed E-state index contributed by atoms with van der Waals surface area (Å²) >= 11 is 6.11. The summed E-state index contributed by atoms with van der Waals surface area (Å²) in [6.07, 6.45) is 0. The van der Waals surface area contributed by atoms with Crippen molar-refractivity contribution in [1.29, 1.82) is 0 Å². The number of aromatic carboxylic acids is 1. The van der Waals surface area contributed by atoms with Gasteiger partial charge in [0.25, 0.3) is 0 Å². The van der Waals surface area contributed by atoms with Crippen LogP contribution < -0.4 is 10.5 Å². The normalized spacial score (nSPS) is 10.3. The summed E-state index contributed by atoms with van der Waals surface area (Å²) in [7, 11) is 0. The van der Waals surface area contributed by atoms with E-state index in [0.29, 0.717) is 5.02 Å². The van der Waals surface area contributed by atoms with Gasteiger partial charge in [-0.2, -0.15) is 0 Å². The Hall–Kier alpha value is -2.20. The number of nitrogens with two attached hydrogens (primary N) is 1. The first-order chi connectivity index (χ1) is 9.49. The van der Waals surface area contributed by atoms with Gasteiger partial charge >= 0.3 is 5.97 Å². The molecule has 0 unspecified atom stereocenters. The van der Waals surface area contributed by atoms with Gasteiger partial charge in [-0.3, -0.25) is 0 Å². The minimum atomic E-state index is -1.08. The fourth-order valence-electron chi connectivity index (χ4n) is 1.80. The smallest absolute Gasteiger partial charge is 0.339 e. The molecule has 4 nitrogen and oxygen atoms in total. The molecule has 0 atom stereocenters. The van der Waals surface area contributed by atoms with Crippen molar-refractivity contribution in [3.05, 3.63) is 58.1 Å². The molecule has 104 valence electrons. The zero-order chi connectivity index (χ0) is 14.7. The van der Waals surface area contributed by atoms with Gasteiger partial charge in [0.2, 0.25) is 0 Å². The number of para-hydroxylation sites is 1. The summed E-state index contributed by atoms with van der Waals surface area (Å²) in [5.41, 5.74) is 7.91. The molecule has 0 aliphatic carbocycles. The van der Waals surface area contributed by atoms with Crippen LogP contribution in [0, 0.1) is 6.92 Å². The van der Waals surface area contributed by atoms with Gasteiger partial charge in [-0.05, 0) is 30.7 Å². The molecule has 3 N–H and O–H groups in total. The Bertz CT molecular complexity index is 656. The van der Waals surface area contributed by atoms with Gasteiger partial charge in [0.15, 0.2) is 5.75 Å². The Kier molecular flexibility index (Phi) is 4.15. The first-order valence-corrected chi connectivity index (χ1v) is 6.36. The van der Waals surface area contributed by atoms with E-state index in [0.717, 1.165) is 11.1 Å². The minimum absolute atomic E-state index is 0.0354. The molecule has 0 aliphatic rings. The number of rotatable bonds is 4.